The highest BCUT2D eigenvalue weighted by Crippen LogP contribution is 2.42. The Morgan fingerprint density at radius 2 is 1.64 bits per heavy atom. The maximum Gasteiger partial charge on any atom is 0.461 e. The van der Waals surface area contributed by atoms with Crippen molar-refractivity contribution in [2.75, 3.05) is 18.4 Å². The van der Waals surface area contributed by atoms with E-state index in [9.17, 15) is 9.59 Å². The van der Waals surface area contributed by atoms with Crippen LogP contribution in [0.25, 0.3) is 0 Å². The molecule has 1 aromatic rings. The van der Waals surface area contributed by atoms with E-state index in [2.05, 4.69) is 39.6 Å². The standard InChI is InChI=1S/C21H29BN2O4/c1-6-18(25)23-17-9-7-15(8-10-17)19(26)24-13-11-16(12-14-24)22-27-20(2,3)21(4,5)28-22/h6-10,16H,1,11-14H2,2-5H3,(H,23,25). The number of anilines is 1. The van der Waals surface area contributed by atoms with Gasteiger partial charge in [0.1, 0.15) is 0 Å². The van der Waals surface area contributed by atoms with Crippen LogP contribution in [0.4, 0.5) is 5.69 Å². The molecule has 0 radical (unpaired) electrons. The van der Waals surface area contributed by atoms with Crippen molar-refractivity contribution in [1.82, 2.24) is 4.90 Å². The zero-order chi connectivity index (χ0) is 20.5. The number of likely N-dealkylation sites (tertiary alicyclic amines) is 1. The van der Waals surface area contributed by atoms with Gasteiger partial charge in [-0.2, -0.15) is 0 Å². The largest absolute Gasteiger partial charge is 0.461 e. The average molecular weight is 384 g/mol. The molecule has 2 saturated heterocycles. The fourth-order valence-electron chi connectivity index (χ4n) is 3.53. The first-order valence-electron chi connectivity index (χ1n) is 9.81. The smallest absolute Gasteiger partial charge is 0.403 e. The van der Waals surface area contributed by atoms with Crippen molar-refractivity contribution in [3.63, 3.8) is 0 Å². The van der Waals surface area contributed by atoms with Crippen molar-refractivity contribution in [2.24, 2.45) is 0 Å². The monoisotopic (exact) mass is 384 g/mol. The summed E-state index contributed by atoms with van der Waals surface area (Å²) < 4.78 is 12.3. The van der Waals surface area contributed by atoms with Gasteiger partial charge in [0.05, 0.1) is 11.2 Å². The first-order valence-corrected chi connectivity index (χ1v) is 9.81. The fraction of sp³-hybridized carbons (Fsp3) is 0.524. The van der Waals surface area contributed by atoms with Crippen LogP contribution in [-0.4, -0.2) is 48.1 Å². The summed E-state index contributed by atoms with van der Waals surface area (Å²) in [6.45, 7) is 13.0. The Kier molecular flexibility index (Phi) is 5.68. The van der Waals surface area contributed by atoms with Gasteiger partial charge in [0.2, 0.25) is 5.91 Å². The second-order valence-corrected chi connectivity index (χ2v) is 8.53. The van der Waals surface area contributed by atoms with Crippen molar-refractivity contribution >= 4 is 24.6 Å². The van der Waals surface area contributed by atoms with Gasteiger partial charge in [0, 0.05) is 24.3 Å². The molecule has 2 fully saturated rings. The predicted molar refractivity (Wildman–Crippen MR) is 110 cm³/mol. The summed E-state index contributed by atoms with van der Waals surface area (Å²) in [6, 6.07) is 6.93. The van der Waals surface area contributed by atoms with Gasteiger partial charge in [-0.3, -0.25) is 9.59 Å². The minimum atomic E-state index is -0.326. The highest BCUT2D eigenvalue weighted by molar-refractivity contribution is 6.47. The van der Waals surface area contributed by atoms with Crippen molar-refractivity contribution in [3.05, 3.63) is 42.5 Å². The second-order valence-electron chi connectivity index (χ2n) is 8.53. The number of hydrogen-bond donors (Lipinski definition) is 1. The number of nitrogens with zero attached hydrogens (tertiary/aromatic N) is 1. The molecule has 0 atom stereocenters. The normalized spacial score (nSPS) is 21.4. The number of amides is 2. The van der Waals surface area contributed by atoms with Gasteiger partial charge >= 0.3 is 7.12 Å². The second kappa shape index (κ2) is 7.72. The molecule has 0 aliphatic carbocycles. The Morgan fingerprint density at radius 1 is 1.11 bits per heavy atom. The summed E-state index contributed by atoms with van der Waals surface area (Å²) >= 11 is 0. The number of rotatable bonds is 4. The minimum absolute atomic E-state index is 0.00830. The number of carbonyl (C=O) groups excluding carboxylic acids is 2. The van der Waals surface area contributed by atoms with E-state index in [4.69, 9.17) is 9.31 Å². The molecular weight excluding hydrogens is 355 g/mol. The van der Waals surface area contributed by atoms with E-state index in [0.717, 1.165) is 12.8 Å². The SMILES string of the molecule is C=CC(=O)Nc1ccc(C(=O)N2CCC(B3OC(C)(C)C(C)(C)O3)CC2)cc1. The lowest BCUT2D eigenvalue weighted by Gasteiger charge is -2.33. The summed E-state index contributed by atoms with van der Waals surface area (Å²) in [5, 5.41) is 2.68. The van der Waals surface area contributed by atoms with Crippen LogP contribution in [0.2, 0.25) is 5.82 Å². The molecule has 3 rings (SSSR count). The van der Waals surface area contributed by atoms with Crippen LogP contribution in [0.3, 0.4) is 0 Å². The van der Waals surface area contributed by atoms with E-state index >= 15 is 0 Å². The molecule has 2 heterocycles. The summed E-state index contributed by atoms with van der Waals surface area (Å²) in [7, 11) is -0.213. The van der Waals surface area contributed by atoms with Crippen molar-refractivity contribution < 1.29 is 18.9 Å². The van der Waals surface area contributed by atoms with Crippen LogP contribution >= 0.6 is 0 Å². The Hall–Kier alpha value is -2.12. The van der Waals surface area contributed by atoms with Crippen LogP contribution < -0.4 is 5.32 Å². The summed E-state index contributed by atoms with van der Waals surface area (Å²) in [5.74, 6) is 0.0272. The van der Waals surface area contributed by atoms with Crippen molar-refractivity contribution in [3.8, 4) is 0 Å². The number of carbonyl (C=O) groups is 2. The van der Waals surface area contributed by atoms with Gasteiger partial charge in [-0.25, -0.2) is 0 Å². The molecule has 150 valence electrons. The quantitative estimate of drug-likeness (QED) is 0.637. The first-order chi connectivity index (χ1) is 13.1. The highest BCUT2D eigenvalue weighted by atomic mass is 16.7. The molecule has 0 saturated carbocycles. The van der Waals surface area contributed by atoms with Crippen molar-refractivity contribution in [2.45, 2.75) is 57.6 Å². The molecule has 2 amide bonds. The minimum Gasteiger partial charge on any atom is -0.403 e. The molecule has 1 N–H and O–H groups in total. The Morgan fingerprint density at radius 3 is 2.14 bits per heavy atom. The third kappa shape index (κ3) is 4.15. The van der Waals surface area contributed by atoms with E-state index in [1.807, 2.05) is 4.90 Å². The van der Waals surface area contributed by atoms with E-state index in [0.29, 0.717) is 30.2 Å². The van der Waals surface area contributed by atoms with E-state index in [1.54, 1.807) is 24.3 Å². The zero-order valence-corrected chi connectivity index (χ0v) is 17.2. The van der Waals surface area contributed by atoms with Crippen LogP contribution in [0.15, 0.2) is 36.9 Å². The third-order valence-electron chi connectivity index (χ3n) is 6.07. The summed E-state index contributed by atoms with van der Waals surface area (Å²) in [5.41, 5.74) is 0.604. The number of hydrogen-bond acceptors (Lipinski definition) is 4. The molecule has 6 nitrogen and oxygen atoms in total. The number of benzene rings is 1. The zero-order valence-electron chi connectivity index (χ0n) is 17.2. The van der Waals surface area contributed by atoms with E-state index in [1.165, 1.54) is 6.08 Å². The maximum absolute atomic E-state index is 12.8. The number of piperidine rings is 1. The van der Waals surface area contributed by atoms with Crippen LogP contribution in [0, 0.1) is 0 Å². The molecule has 0 unspecified atom stereocenters. The first kappa shape index (κ1) is 20.6. The van der Waals surface area contributed by atoms with Gasteiger partial charge in [0.25, 0.3) is 5.91 Å². The summed E-state index contributed by atoms with van der Waals surface area (Å²) in [4.78, 5) is 26.0. The molecule has 2 aliphatic rings. The van der Waals surface area contributed by atoms with E-state index < -0.39 is 0 Å². The lowest BCUT2D eigenvalue weighted by Crippen LogP contribution is -2.41. The molecule has 0 aromatic heterocycles. The highest BCUT2D eigenvalue weighted by Gasteiger charge is 2.53. The lowest BCUT2D eigenvalue weighted by molar-refractivity contribution is -0.111. The molecule has 2 aliphatic heterocycles. The van der Waals surface area contributed by atoms with E-state index in [-0.39, 0.29) is 30.1 Å². The number of nitrogens with one attached hydrogen (secondary N) is 1. The topological polar surface area (TPSA) is 67.9 Å². The molecular formula is C21H29BN2O4. The van der Waals surface area contributed by atoms with Crippen LogP contribution in [-0.2, 0) is 14.1 Å². The molecule has 0 bridgehead atoms. The third-order valence-corrected chi connectivity index (χ3v) is 6.07. The van der Waals surface area contributed by atoms with Gasteiger partial charge in [-0.15, -0.1) is 0 Å². The van der Waals surface area contributed by atoms with Crippen LogP contribution in [0.5, 0.6) is 0 Å². The van der Waals surface area contributed by atoms with Gasteiger partial charge < -0.3 is 19.5 Å². The van der Waals surface area contributed by atoms with Gasteiger partial charge in [-0.05, 0) is 76.7 Å². The van der Waals surface area contributed by atoms with Crippen LogP contribution in [0.1, 0.15) is 50.9 Å². The van der Waals surface area contributed by atoms with Gasteiger partial charge in [0.15, 0.2) is 0 Å². The maximum atomic E-state index is 12.8. The summed E-state index contributed by atoms with van der Waals surface area (Å²) in [6.07, 6.45) is 2.93. The predicted octanol–water partition coefficient (Wildman–Crippen LogP) is 3.51. The molecule has 28 heavy (non-hydrogen) atoms. The molecule has 0 spiro atoms. The Bertz CT molecular complexity index is 736. The van der Waals surface area contributed by atoms with Crippen molar-refractivity contribution in [1.29, 1.82) is 0 Å². The molecule has 7 heteroatoms. The Balaban J connectivity index is 1.55. The molecule has 1 aromatic carbocycles. The average Bonchev–Trinajstić information content (AvgIpc) is 2.89. The Labute approximate surface area is 167 Å². The lowest BCUT2D eigenvalue weighted by atomic mass is 9.66. The fourth-order valence-corrected chi connectivity index (χ4v) is 3.53. The van der Waals surface area contributed by atoms with Gasteiger partial charge in [-0.1, -0.05) is 6.58 Å².